The van der Waals surface area contributed by atoms with Gasteiger partial charge in [0.15, 0.2) is 6.10 Å². The van der Waals surface area contributed by atoms with Gasteiger partial charge in [0.05, 0.1) is 17.1 Å². The molecule has 1 heterocycles. The Labute approximate surface area is 167 Å². The standard InChI is InChI=1S/C21H17FN2O4S/c22-15-7-6-8-16(13-15)23-21(25)20-14-24(18-11-4-5-12-19(18)28-20)29(26,27)17-9-2-1-3-10-17/h1-13,20H,14H2,(H,23,25). The first-order valence-electron chi connectivity index (χ1n) is 8.85. The Morgan fingerprint density at radius 3 is 2.48 bits per heavy atom. The Balaban J connectivity index is 1.67. The molecular formula is C21H17FN2O4S. The second-order valence-corrected chi connectivity index (χ2v) is 8.29. The lowest BCUT2D eigenvalue weighted by Crippen LogP contribution is -2.48. The van der Waals surface area contributed by atoms with E-state index in [4.69, 9.17) is 4.74 Å². The van der Waals surface area contributed by atoms with Gasteiger partial charge < -0.3 is 10.1 Å². The first kappa shape index (κ1) is 18.9. The minimum absolute atomic E-state index is 0.112. The van der Waals surface area contributed by atoms with Crippen molar-refractivity contribution in [1.82, 2.24) is 0 Å². The van der Waals surface area contributed by atoms with E-state index in [1.807, 2.05) is 0 Å². The third kappa shape index (κ3) is 3.79. The molecule has 148 valence electrons. The molecule has 0 spiro atoms. The third-order valence-electron chi connectivity index (χ3n) is 4.45. The molecule has 3 aromatic carbocycles. The summed E-state index contributed by atoms with van der Waals surface area (Å²) in [5.41, 5.74) is 0.612. The third-order valence-corrected chi connectivity index (χ3v) is 6.24. The molecule has 0 aromatic heterocycles. The summed E-state index contributed by atoms with van der Waals surface area (Å²) in [5.74, 6) is -0.790. The Kier molecular flexibility index (Phi) is 4.94. The second-order valence-electron chi connectivity index (χ2n) is 6.42. The van der Waals surface area contributed by atoms with E-state index in [9.17, 15) is 17.6 Å². The lowest BCUT2D eigenvalue weighted by Gasteiger charge is -2.34. The quantitative estimate of drug-likeness (QED) is 0.713. The number of benzene rings is 3. The first-order chi connectivity index (χ1) is 13.9. The number of hydrogen-bond acceptors (Lipinski definition) is 4. The predicted molar refractivity (Wildman–Crippen MR) is 107 cm³/mol. The van der Waals surface area contributed by atoms with Crippen molar-refractivity contribution in [2.24, 2.45) is 0 Å². The molecule has 0 saturated heterocycles. The fourth-order valence-electron chi connectivity index (χ4n) is 3.08. The average molecular weight is 412 g/mol. The molecule has 1 aliphatic heterocycles. The zero-order valence-electron chi connectivity index (χ0n) is 15.2. The van der Waals surface area contributed by atoms with E-state index in [1.165, 1.54) is 36.4 Å². The van der Waals surface area contributed by atoms with E-state index >= 15 is 0 Å². The molecule has 0 fully saturated rings. The zero-order valence-corrected chi connectivity index (χ0v) is 16.0. The van der Waals surface area contributed by atoms with Crippen molar-refractivity contribution in [2.45, 2.75) is 11.0 Å². The van der Waals surface area contributed by atoms with Gasteiger partial charge in [-0.25, -0.2) is 12.8 Å². The fraction of sp³-hybridized carbons (Fsp3) is 0.0952. The van der Waals surface area contributed by atoms with Gasteiger partial charge >= 0.3 is 0 Å². The summed E-state index contributed by atoms with van der Waals surface area (Å²) in [4.78, 5) is 12.8. The molecule has 1 unspecified atom stereocenters. The Bertz CT molecular complexity index is 1150. The Morgan fingerprint density at radius 2 is 1.72 bits per heavy atom. The number of anilines is 2. The number of nitrogens with zero attached hydrogens (tertiary/aromatic N) is 1. The molecule has 1 aliphatic rings. The van der Waals surface area contributed by atoms with Crippen LogP contribution in [0.15, 0.2) is 83.8 Å². The Hall–Kier alpha value is -3.39. The minimum atomic E-state index is -3.91. The van der Waals surface area contributed by atoms with Crippen LogP contribution >= 0.6 is 0 Å². The zero-order chi connectivity index (χ0) is 20.4. The highest BCUT2D eigenvalue weighted by atomic mass is 32.2. The van der Waals surface area contributed by atoms with Crippen molar-refractivity contribution in [3.05, 3.63) is 84.7 Å². The van der Waals surface area contributed by atoms with Crippen LogP contribution in [0.1, 0.15) is 0 Å². The average Bonchev–Trinajstić information content (AvgIpc) is 2.73. The molecule has 6 nitrogen and oxygen atoms in total. The summed E-state index contributed by atoms with van der Waals surface area (Å²) in [6.45, 7) is -0.213. The number of nitrogens with one attached hydrogen (secondary N) is 1. The van der Waals surface area contributed by atoms with Gasteiger partial charge in [-0.05, 0) is 42.5 Å². The fourth-order valence-corrected chi connectivity index (χ4v) is 4.57. The van der Waals surface area contributed by atoms with E-state index in [0.29, 0.717) is 5.69 Å². The lowest BCUT2D eigenvalue weighted by atomic mass is 10.2. The molecule has 1 atom stereocenters. The van der Waals surface area contributed by atoms with E-state index in [-0.39, 0.29) is 22.9 Å². The van der Waals surface area contributed by atoms with Gasteiger partial charge in [-0.3, -0.25) is 9.10 Å². The minimum Gasteiger partial charge on any atom is -0.476 e. The van der Waals surface area contributed by atoms with Crippen LogP contribution in [0.2, 0.25) is 0 Å². The predicted octanol–water partition coefficient (Wildman–Crippen LogP) is 3.42. The number of hydrogen-bond donors (Lipinski definition) is 1. The summed E-state index contributed by atoms with van der Waals surface area (Å²) in [6.07, 6.45) is -1.10. The van der Waals surface area contributed by atoms with Crippen molar-refractivity contribution in [3.8, 4) is 5.75 Å². The van der Waals surface area contributed by atoms with Crippen molar-refractivity contribution in [1.29, 1.82) is 0 Å². The lowest BCUT2D eigenvalue weighted by molar-refractivity contribution is -0.122. The molecular weight excluding hydrogens is 395 g/mol. The highest BCUT2D eigenvalue weighted by Gasteiger charge is 2.37. The number of ether oxygens (including phenoxy) is 1. The largest absolute Gasteiger partial charge is 0.476 e. The maximum absolute atomic E-state index is 13.4. The van der Waals surface area contributed by atoms with Crippen molar-refractivity contribution >= 4 is 27.3 Å². The first-order valence-corrected chi connectivity index (χ1v) is 10.3. The summed E-state index contributed by atoms with van der Waals surface area (Å²) < 4.78 is 46.7. The van der Waals surface area contributed by atoms with Gasteiger partial charge in [-0.2, -0.15) is 0 Å². The van der Waals surface area contributed by atoms with Crippen LogP contribution in [0.5, 0.6) is 5.75 Å². The number of carbonyl (C=O) groups is 1. The summed E-state index contributed by atoms with van der Waals surface area (Å²) >= 11 is 0. The molecule has 0 bridgehead atoms. The van der Waals surface area contributed by atoms with Crippen molar-refractivity contribution in [3.63, 3.8) is 0 Å². The van der Waals surface area contributed by atoms with Gasteiger partial charge in [0.25, 0.3) is 15.9 Å². The van der Waals surface area contributed by atoms with E-state index in [0.717, 1.165) is 4.31 Å². The smallest absolute Gasteiger partial charge is 0.267 e. The number of amides is 1. The van der Waals surface area contributed by atoms with Crippen LogP contribution in [0.3, 0.4) is 0 Å². The molecule has 0 saturated carbocycles. The summed E-state index contributed by atoms with van der Waals surface area (Å²) in [5, 5.41) is 2.57. The maximum atomic E-state index is 13.4. The van der Waals surface area contributed by atoms with Crippen molar-refractivity contribution < 1.29 is 22.3 Å². The normalized spacial score (nSPS) is 15.9. The highest BCUT2D eigenvalue weighted by molar-refractivity contribution is 7.92. The monoisotopic (exact) mass is 412 g/mol. The maximum Gasteiger partial charge on any atom is 0.267 e. The van der Waals surface area contributed by atoms with Crippen LogP contribution in [0.4, 0.5) is 15.8 Å². The number of fused-ring (bicyclic) bond motifs is 1. The van der Waals surface area contributed by atoms with Crippen molar-refractivity contribution in [2.75, 3.05) is 16.2 Å². The number of rotatable bonds is 4. The van der Waals surface area contributed by atoms with Crippen LogP contribution in [-0.2, 0) is 14.8 Å². The molecule has 0 aliphatic carbocycles. The van der Waals surface area contributed by atoms with Crippen LogP contribution < -0.4 is 14.4 Å². The van der Waals surface area contributed by atoms with Gasteiger partial charge in [-0.1, -0.05) is 36.4 Å². The number of sulfonamides is 1. The van der Waals surface area contributed by atoms with Gasteiger partial charge in [0.1, 0.15) is 11.6 Å². The number of carbonyl (C=O) groups excluding carboxylic acids is 1. The van der Waals surface area contributed by atoms with E-state index in [2.05, 4.69) is 5.32 Å². The Morgan fingerprint density at radius 1 is 1.00 bits per heavy atom. The number of halogens is 1. The van der Waals surface area contributed by atoms with Gasteiger partial charge in [0, 0.05) is 5.69 Å². The number of para-hydroxylation sites is 2. The van der Waals surface area contributed by atoms with E-state index in [1.54, 1.807) is 42.5 Å². The molecule has 4 rings (SSSR count). The molecule has 0 radical (unpaired) electrons. The summed E-state index contributed by atoms with van der Waals surface area (Å²) in [7, 11) is -3.91. The molecule has 1 N–H and O–H groups in total. The second kappa shape index (κ2) is 7.56. The SMILES string of the molecule is O=C(Nc1cccc(F)c1)C1CN(S(=O)(=O)c2ccccc2)c2ccccc2O1. The molecule has 8 heteroatoms. The van der Waals surface area contributed by atoms with E-state index < -0.39 is 27.9 Å². The topological polar surface area (TPSA) is 75.7 Å². The molecule has 29 heavy (non-hydrogen) atoms. The molecule has 3 aromatic rings. The van der Waals surface area contributed by atoms with Crippen LogP contribution in [0.25, 0.3) is 0 Å². The van der Waals surface area contributed by atoms with Gasteiger partial charge in [0.2, 0.25) is 0 Å². The van der Waals surface area contributed by atoms with Crippen LogP contribution in [0, 0.1) is 5.82 Å². The van der Waals surface area contributed by atoms with Crippen LogP contribution in [-0.4, -0.2) is 27.0 Å². The van der Waals surface area contributed by atoms with Gasteiger partial charge in [-0.15, -0.1) is 0 Å². The highest BCUT2D eigenvalue weighted by Crippen LogP contribution is 2.36. The summed E-state index contributed by atoms with van der Waals surface area (Å²) in [6, 6.07) is 20.0. The molecule has 1 amide bonds.